The smallest absolute Gasteiger partial charge is 0.196 e. The lowest BCUT2D eigenvalue weighted by Gasteiger charge is -2.26. The average Bonchev–Trinajstić information content (AvgIpc) is 3.19. The molecular weight excluding hydrogens is 323 g/mol. The van der Waals surface area contributed by atoms with Gasteiger partial charge in [-0.15, -0.1) is 0 Å². The van der Waals surface area contributed by atoms with Crippen molar-refractivity contribution >= 4 is 17.9 Å². The van der Waals surface area contributed by atoms with Crippen LogP contribution >= 0.6 is 7.26 Å². The number of allylic oxidation sites excluding steroid dienone is 2. The van der Waals surface area contributed by atoms with Crippen LogP contribution in [0.1, 0.15) is 12.8 Å². The van der Waals surface area contributed by atoms with Gasteiger partial charge in [-0.2, -0.15) is 5.26 Å². The van der Waals surface area contributed by atoms with E-state index in [2.05, 4.69) is 72.3 Å². The molecule has 0 N–H and O–H groups in total. The molecule has 1 fully saturated rings. The molecule has 1 heterocycles. The van der Waals surface area contributed by atoms with Crippen molar-refractivity contribution in [2.24, 2.45) is 0 Å². The number of rotatable bonds is 6. The summed E-state index contributed by atoms with van der Waals surface area (Å²) in [6.07, 6.45) is 7.32. The molecule has 3 rings (SSSR count). The second-order valence-electron chi connectivity index (χ2n) is 6.32. The summed E-state index contributed by atoms with van der Waals surface area (Å²) in [5.74, 6) is 0. The number of hydrogen-bond acceptors (Lipinski definition) is 2. The highest BCUT2D eigenvalue weighted by molar-refractivity contribution is 7.93. The molecule has 2 nitrogen and oxygen atoms in total. The molecule has 0 amide bonds. The Morgan fingerprint density at radius 1 is 1.00 bits per heavy atom. The van der Waals surface area contributed by atoms with Crippen LogP contribution in [0, 0.1) is 11.3 Å². The Morgan fingerprint density at radius 3 is 1.96 bits per heavy atom. The second-order valence-corrected chi connectivity index (χ2v) is 9.82. The van der Waals surface area contributed by atoms with Crippen molar-refractivity contribution in [1.29, 1.82) is 5.26 Å². The quantitative estimate of drug-likeness (QED) is 0.442. The molecule has 0 radical (unpaired) electrons. The zero-order chi connectivity index (χ0) is 17.5. The van der Waals surface area contributed by atoms with Gasteiger partial charge in [0.15, 0.2) is 5.31 Å². The first kappa shape index (κ1) is 17.5. The molecule has 0 saturated carbocycles. The van der Waals surface area contributed by atoms with E-state index in [1.165, 1.54) is 23.5 Å². The topological polar surface area (TPSA) is 27.0 Å². The van der Waals surface area contributed by atoms with E-state index in [9.17, 15) is 5.26 Å². The van der Waals surface area contributed by atoms with Crippen LogP contribution in [0.3, 0.4) is 0 Å². The first-order valence-electron chi connectivity index (χ1n) is 8.78. The highest BCUT2D eigenvalue weighted by Gasteiger charge is 2.47. The van der Waals surface area contributed by atoms with Gasteiger partial charge in [0.25, 0.3) is 0 Å². The van der Waals surface area contributed by atoms with Crippen LogP contribution in [0.25, 0.3) is 0 Å². The maximum Gasteiger partial charge on any atom is 0.196 e. The summed E-state index contributed by atoms with van der Waals surface area (Å²) in [6.45, 7) is 6.11. The Morgan fingerprint density at radius 2 is 1.52 bits per heavy atom. The Labute approximate surface area is 151 Å². The third-order valence-electron chi connectivity index (χ3n) is 4.77. The van der Waals surface area contributed by atoms with Crippen LogP contribution in [-0.4, -0.2) is 24.2 Å². The molecular formula is C22H24N2P+. The zero-order valence-electron chi connectivity index (χ0n) is 14.5. The normalized spacial score (nSPS) is 15.0. The second kappa shape index (κ2) is 8.15. The molecule has 3 heteroatoms. The summed E-state index contributed by atoms with van der Waals surface area (Å²) < 4.78 is 0. The molecule has 0 atom stereocenters. The molecule has 0 bridgehead atoms. The first-order valence-corrected chi connectivity index (χ1v) is 10.8. The van der Waals surface area contributed by atoms with Crippen molar-refractivity contribution < 1.29 is 0 Å². The van der Waals surface area contributed by atoms with Gasteiger partial charge in [-0.1, -0.05) is 49.1 Å². The van der Waals surface area contributed by atoms with E-state index < -0.39 is 7.26 Å². The summed E-state index contributed by atoms with van der Waals surface area (Å²) in [4.78, 5) is 2.31. The fourth-order valence-corrected chi connectivity index (χ4v) is 7.30. The highest BCUT2D eigenvalue weighted by Crippen LogP contribution is 2.63. The van der Waals surface area contributed by atoms with Crippen molar-refractivity contribution in [2.75, 3.05) is 19.3 Å². The Kier molecular flexibility index (Phi) is 5.69. The minimum Gasteiger partial charge on any atom is -0.374 e. The molecule has 1 saturated heterocycles. The summed E-state index contributed by atoms with van der Waals surface area (Å²) in [7, 11) is -2.02. The maximum absolute atomic E-state index is 10.1. The molecule has 1 aliphatic rings. The molecule has 0 aliphatic carbocycles. The molecule has 0 unspecified atom stereocenters. The lowest BCUT2D eigenvalue weighted by atomic mass is 10.4. The number of nitriles is 1. The fraction of sp³-hybridized carbons (Fsp3) is 0.227. The first-order chi connectivity index (χ1) is 12.3. The van der Waals surface area contributed by atoms with Crippen LogP contribution in [0.5, 0.6) is 0 Å². The van der Waals surface area contributed by atoms with Crippen LogP contribution < -0.4 is 10.6 Å². The summed E-state index contributed by atoms with van der Waals surface area (Å²) in [5.41, 5.74) is 0. The van der Waals surface area contributed by atoms with Crippen LogP contribution in [-0.2, 0) is 0 Å². The van der Waals surface area contributed by atoms with Gasteiger partial charge < -0.3 is 4.90 Å². The van der Waals surface area contributed by atoms with Gasteiger partial charge in [0.2, 0.25) is 0 Å². The van der Waals surface area contributed by atoms with E-state index in [0.29, 0.717) is 0 Å². The molecule has 2 aromatic carbocycles. The molecule has 126 valence electrons. The number of benzene rings is 2. The largest absolute Gasteiger partial charge is 0.374 e. The van der Waals surface area contributed by atoms with Gasteiger partial charge in [0.05, 0.1) is 12.4 Å². The van der Waals surface area contributed by atoms with Gasteiger partial charge >= 0.3 is 0 Å². The Balaban J connectivity index is 2.23. The monoisotopic (exact) mass is 347 g/mol. The number of likely N-dealkylation sites (tertiary alicyclic amines) is 1. The summed E-state index contributed by atoms with van der Waals surface area (Å²) in [6, 6.07) is 23.6. The molecule has 1 aliphatic heterocycles. The Bertz CT molecular complexity index is 729. The number of nitrogens with zero attached hydrogens (tertiary/aromatic N) is 2. The van der Waals surface area contributed by atoms with E-state index in [1.54, 1.807) is 0 Å². The standard InChI is InChI=1S/C22H24N2P/c1-2-17-25(20-11-5-3-6-12-20,21-13-7-4-8-14-21)22(18-23)19-24-15-9-10-16-24/h2-8,11-14,19H,1,9-10,15-17H2/q+1/b22-19-. The van der Waals surface area contributed by atoms with E-state index in [-0.39, 0.29) is 0 Å². The van der Waals surface area contributed by atoms with Gasteiger partial charge in [-0.05, 0) is 37.1 Å². The van der Waals surface area contributed by atoms with E-state index in [1.807, 2.05) is 18.2 Å². The van der Waals surface area contributed by atoms with Crippen LogP contribution in [0.4, 0.5) is 0 Å². The lowest BCUT2D eigenvalue weighted by Crippen LogP contribution is -2.27. The van der Waals surface area contributed by atoms with Crippen molar-refractivity contribution in [1.82, 2.24) is 4.90 Å². The van der Waals surface area contributed by atoms with E-state index in [4.69, 9.17) is 0 Å². The number of hydrogen-bond donors (Lipinski definition) is 0. The SMILES string of the molecule is C=CC[P+](/C(C#N)=C\N1CCCC1)(c1ccccc1)c1ccccc1. The highest BCUT2D eigenvalue weighted by atomic mass is 31.2. The third-order valence-corrected chi connectivity index (χ3v) is 8.97. The molecule has 0 spiro atoms. The van der Waals surface area contributed by atoms with Gasteiger partial charge in [-0.3, -0.25) is 0 Å². The minimum atomic E-state index is -2.02. The predicted octanol–water partition coefficient (Wildman–Crippen LogP) is 4.30. The van der Waals surface area contributed by atoms with Crippen molar-refractivity contribution in [3.05, 3.63) is 84.8 Å². The maximum atomic E-state index is 10.1. The van der Waals surface area contributed by atoms with Gasteiger partial charge in [-0.25, -0.2) is 0 Å². The third kappa shape index (κ3) is 3.53. The molecule has 25 heavy (non-hydrogen) atoms. The molecule has 2 aromatic rings. The van der Waals surface area contributed by atoms with Crippen LogP contribution in [0.2, 0.25) is 0 Å². The van der Waals surface area contributed by atoms with Crippen molar-refractivity contribution in [3.8, 4) is 6.07 Å². The average molecular weight is 347 g/mol. The van der Waals surface area contributed by atoms with Crippen molar-refractivity contribution in [3.63, 3.8) is 0 Å². The zero-order valence-corrected chi connectivity index (χ0v) is 15.4. The van der Waals surface area contributed by atoms with Crippen LogP contribution in [0.15, 0.2) is 84.8 Å². The van der Waals surface area contributed by atoms with Gasteiger partial charge in [0, 0.05) is 13.1 Å². The Hall–Kier alpha value is -2.36. The van der Waals surface area contributed by atoms with E-state index >= 15 is 0 Å². The van der Waals surface area contributed by atoms with Gasteiger partial charge in [0.1, 0.15) is 23.9 Å². The molecule has 0 aromatic heterocycles. The van der Waals surface area contributed by atoms with Crippen molar-refractivity contribution in [2.45, 2.75) is 12.8 Å². The summed E-state index contributed by atoms with van der Waals surface area (Å²) in [5, 5.41) is 13.5. The fourth-order valence-electron chi connectivity index (χ4n) is 3.55. The lowest BCUT2D eigenvalue weighted by molar-refractivity contribution is 0.467. The summed E-state index contributed by atoms with van der Waals surface area (Å²) >= 11 is 0. The minimum absolute atomic E-state index is 0.800. The van der Waals surface area contributed by atoms with E-state index in [0.717, 1.165) is 24.6 Å². The predicted molar refractivity (Wildman–Crippen MR) is 109 cm³/mol.